The summed E-state index contributed by atoms with van der Waals surface area (Å²) in [5.74, 6) is -2.67. The van der Waals surface area contributed by atoms with Crippen LogP contribution in [0, 0.1) is 5.92 Å². The molecule has 5 atom stereocenters. The number of sulfonamides is 1. The topological polar surface area (TPSA) is 181 Å². The molecule has 0 bridgehead atoms. The maximum absolute atomic E-state index is 14.4. The van der Waals surface area contributed by atoms with E-state index in [1.54, 1.807) is 31.7 Å². The lowest BCUT2D eigenvalue weighted by Crippen LogP contribution is -2.58. The van der Waals surface area contributed by atoms with E-state index in [-0.39, 0.29) is 30.7 Å². The van der Waals surface area contributed by atoms with E-state index in [1.807, 2.05) is 36.4 Å². The van der Waals surface area contributed by atoms with Crippen LogP contribution in [0.25, 0.3) is 0 Å². The lowest BCUT2D eigenvalue weighted by Gasteiger charge is -2.30. The fourth-order valence-corrected chi connectivity index (χ4v) is 8.23. The molecule has 6 rings (SSSR count). The molecule has 2 aromatic rings. The van der Waals surface area contributed by atoms with Crippen LogP contribution in [0.4, 0.5) is 9.59 Å². The number of fused-ring (bicyclic) bond motifs is 3. The molecule has 3 heterocycles. The Morgan fingerprint density at radius 1 is 0.943 bits per heavy atom. The number of rotatable bonds is 5. The van der Waals surface area contributed by atoms with Crippen LogP contribution in [0.1, 0.15) is 76.8 Å². The molecule has 2 aromatic carbocycles. The van der Waals surface area contributed by atoms with E-state index in [0.717, 1.165) is 24.0 Å². The summed E-state index contributed by atoms with van der Waals surface area (Å²) in [7, 11) is -4.27. The van der Waals surface area contributed by atoms with Crippen LogP contribution in [0.3, 0.4) is 0 Å². The molecule has 1 saturated carbocycles. The number of nitrogens with one attached hydrogen (secondary N) is 3. The average molecular weight is 750 g/mol. The standard InChI is InChI=1S/C38H47N5O9S/c1-37(2,3)52-35(47)39-30-19-11-6-4-5-8-16-27-21-38(27,34(46)41-53(49,50)29-17-9-7-10-18-29)40-32(44)31-20-28(24-43(31)33(30)45)51-36(48)42-22-25-14-12-13-15-26(25)23-42/h7-10,12-18,27-28,30-31H,4-6,11,19-24H2,1-3H3,(H,39,47)(H,40,44)(H,41,46)/t27-,28-,30+,31+,38-/m1/s1. The molecule has 284 valence electrons. The van der Waals surface area contributed by atoms with Crippen molar-refractivity contribution in [2.24, 2.45) is 5.92 Å². The van der Waals surface area contributed by atoms with Gasteiger partial charge in [0.1, 0.15) is 29.3 Å². The second-order valence-corrected chi connectivity index (χ2v) is 16.8. The second-order valence-electron chi connectivity index (χ2n) is 15.2. The first-order valence-electron chi connectivity index (χ1n) is 18.1. The summed E-state index contributed by atoms with van der Waals surface area (Å²) in [5, 5.41) is 5.50. The van der Waals surface area contributed by atoms with Crippen molar-refractivity contribution in [2.75, 3.05) is 6.54 Å². The highest BCUT2D eigenvalue weighted by Crippen LogP contribution is 2.46. The van der Waals surface area contributed by atoms with Crippen LogP contribution in [-0.2, 0) is 47.0 Å². The van der Waals surface area contributed by atoms with E-state index < -0.39 is 75.2 Å². The number of alkyl carbamates (subject to hydrolysis) is 1. The molecule has 1 aliphatic carbocycles. The smallest absolute Gasteiger partial charge is 0.410 e. The first-order valence-corrected chi connectivity index (χ1v) is 19.6. The highest BCUT2D eigenvalue weighted by Gasteiger charge is 2.61. The minimum Gasteiger partial charge on any atom is -0.444 e. The van der Waals surface area contributed by atoms with Crippen molar-refractivity contribution in [3.63, 3.8) is 0 Å². The van der Waals surface area contributed by atoms with Gasteiger partial charge in [-0.2, -0.15) is 0 Å². The van der Waals surface area contributed by atoms with Crippen molar-refractivity contribution in [3.8, 4) is 0 Å². The Hall–Kier alpha value is -4.92. The average Bonchev–Trinajstić information content (AvgIpc) is 3.40. The molecule has 0 unspecified atom stereocenters. The van der Waals surface area contributed by atoms with Crippen LogP contribution >= 0.6 is 0 Å². The van der Waals surface area contributed by atoms with Crippen molar-refractivity contribution in [2.45, 2.75) is 113 Å². The molecule has 0 radical (unpaired) electrons. The van der Waals surface area contributed by atoms with Crippen LogP contribution in [-0.4, -0.2) is 84.0 Å². The second kappa shape index (κ2) is 15.2. The van der Waals surface area contributed by atoms with Gasteiger partial charge in [-0.15, -0.1) is 0 Å². The number of amides is 5. The lowest BCUT2D eigenvalue weighted by atomic mass is 10.0. The number of nitrogens with zero attached hydrogens (tertiary/aromatic N) is 2. The predicted molar refractivity (Wildman–Crippen MR) is 192 cm³/mol. The normalized spacial score (nSPS) is 26.2. The molecule has 2 fully saturated rings. The number of benzene rings is 2. The Bertz CT molecular complexity index is 1850. The number of allylic oxidation sites excluding steroid dienone is 1. The van der Waals surface area contributed by atoms with Gasteiger partial charge in [-0.25, -0.2) is 22.7 Å². The highest BCUT2D eigenvalue weighted by atomic mass is 32.2. The Kier molecular flexibility index (Phi) is 10.9. The van der Waals surface area contributed by atoms with E-state index in [0.29, 0.717) is 25.9 Å². The summed E-state index contributed by atoms with van der Waals surface area (Å²) >= 11 is 0. The Morgan fingerprint density at radius 2 is 1.62 bits per heavy atom. The Balaban J connectivity index is 1.26. The summed E-state index contributed by atoms with van der Waals surface area (Å²) in [6, 6.07) is 12.9. The van der Waals surface area contributed by atoms with Gasteiger partial charge in [0.15, 0.2) is 0 Å². The van der Waals surface area contributed by atoms with Gasteiger partial charge >= 0.3 is 12.2 Å². The third-order valence-corrected chi connectivity index (χ3v) is 11.3. The van der Waals surface area contributed by atoms with Gasteiger partial charge in [-0.05, 0) is 69.7 Å². The van der Waals surface area contributed by atoms with E-state index in [4.69, 9.17) is 9.47 Å². The largest absolute Gasteiger partial charge is 0.444 e. The summed E-state index contributed by atoms with van der Waals surface area (Å²) < 4.78 is 39.9. The molecule has 0 aromatic heterocycles. The van der Waals surface area contributed by atoms with Crippen LogP contribution in [0.5, 0.6) is 0 Å². The first kappa shape index (κ1) is 37.8. The third kappa shape index (κ3) is 8.83. The summed E-state index contributed by atoms with van der Waals surface area (Å²) in [4.78, 5) is 71.5. The number of carbonyl (C=O) groups excluding carboxylic acids is 5. The Morgan fingerprint density at radius 3 is 2.30 bits per heavy atom. The first-order chi connectivity index (χ1) is 25.1. The van der Waals surface area contributed by atoms with Gasteiger partial charge in [0.25, 0.3) is 15.9 Å². The van der Waals surface area contributed by atoms with Crippen molar-refractivity contribution in [1.29, 1.82) is 0 Å². The van der Waals surface area contributed by atoms with Gasteiger partial charge in [0.2, 0.25) is 11.8 Å². The third-order valence-electron chi connectivity index (χ3n) is 9.98. The maximum atomic E-state index is 14.4. The van der Waals surface area contributed by atoms with Crippen molar-refractivity contribution >= 4 is 39.9 Å². The minimum atomic E-state index is -4.27. The fourth-order valence-electron chi connectivity index (χ4n) is 7.17. The molecule has 5 amide bonds. The lowest BCUT2D eigenvalue weighted by molar-refractivity contribution is -0.141. The quantitative estimate of drug-likeness (QED) is 0.382. The van der Waals surface area contributed by atoms with Crippen molar-refractivity contribution < 1.29 is 41.9 Å². The fraction of sp³-hybridized carbons (Fsp3) is 0.500. The predicted octanol–water partition coefficient (Wildman–Crippen LogP) is 3.90. The molecule has 3 aliphatic heterocycles. The minimum absolute atomic E-state index is 0.0796. The zero-order valence-electron chi connectivity index (χ0n) is 30.2. The van der Waals surface area contributed by atoms with Crippen LogP contribution in [0.15, 0.2) is 71.6 Å². The zero-order chi connectivity index (χ0) is 38.0. The maximum Gasteiger partial charge on any atom is 0.410 e. The number of hydrogen-bond donors (Lipinski definition) is 3. The van der Waals surface area contributed by atoms with Gasteiger partial charge in [-0.3, -0.25) is 19.3 Å². The van der Waals surface area contributed by atoms with Crippen LogP contribution in [0.2, 0.25) is 0 Å². The molecular weight excluding hydrogens is 703 g/mol. The number of ether oxygens (including phenoxy) is 2. The SMILES string of the molecule is CC(C)(C)OC(=O)N[C@H]1CCCCCC=C[C@@H]2C[C@@]2(C(=O)NS(=O)(=O)c2ccccc2)NC(=O)[C@@H]2C[C@@H](OC(=O)N3Cc4ccccc4C3)CN2C1=O. The molecule has 3 N–H and O–H groups in total. The summed E-state index contributed by atoms with van der Waals surface area (Å²) in [6.45, 7) is 5.70. The van der Waals surface area contributed by atoms with Gasteiger partial charge < -0.3 is 25.0 Å². The Labute approximate surface area is 309 Å². The molecule has 53 heavy (non-hydrogen) atoms. The summed E-state index contributed by atoms with van der Waals surface area (Å²) in [6.07, 6.45) is 4.53. The molecular formula is C38H47N5O9S. The summed E-state index contributed by atoms with van der Waals surface area (Å²) in [5.41, 5.74) is -0.428. The molecule has 0 spiro atoms. The van der Waals surface area contributed by atoms with Crippen LogP contribution < -0.4 is 15.4 Å². The molecule has 15 heteroatoms. The van der Waals surface area contributed by atoms with E-state index in [9.17, 15) is 32.4 Å². The van der Waals surface area contributed by atoms with E-state index in [1.165, 1.54) is 29.2 Å². The van der Waals surface area contributed by atoms with Crippen molar-refractivity contribution in [3.05, 3.63) is 77.9 Å². The number of carbonyl (C=O) groups is 5. The van der Waals surface area contributed by atoms with Gasteiger partial charge in [-0.1, -0.05) is 67.5 Å². The monoisotopic (exact) mass is 749 g/mol. The van der Waals surface area contributed by atoms with Crippen molar-refractivity contribution in [1.82, 2.24) is 25.2 Å². The van der Waals surface area contributed by atoms with Gasteiger partial charge in [0.05, 0.1) is 11.4 Å². The highest BCUT2D eigenvalue weighted by molar-refractivity contribution is 7.90. The molecule has 1 saturated heterocycles. The van der Waals surface area contributed by atoms with E-state index in [2.05, 4.69) is 15.4 Å². The molecule has 4 aliphatic rings. The van der Waals surface area contributed by atoms with E-state index >= 15 is 0 Å². The molecule has 14 nitrogen and oxygen atoms in total. The van der Waals surface area contributed by atoms with Gasteiger partial charge in [0, 0.05) is 25.4 Å². The number of hydrogen-bond acceptors (Lipinski definition) is 9. The zero-order valence-corrected chi connectivity index (χ0v) is 31.0.